The maximum absolute atomic E-state index is 13.0. The highest BCUT2D eigenvalue weighted by Crippen LogP contribution is 2.27. The predicted octanol–water partition coefficient (Wildman–Crippen LogP) is 2.91. The molecule has 8 nitrogen and oxygen atoms in total. The summed E-state index contributed by atoms with van der Waals surface area (Å²) in [5, 5.41) is 7.50. The molecule has 0 radical (unpaired) electrons. The van der Waals surface area contributed by atoms with Gasteiger partial charge in [0.2, 0.25) is 10.0 Å². The van der Waals surface area contributed by atoms with E-state index in [1.165, 1.54) is 10.4 Å². The molecule has 3 amide bonds. The fourth-order valence-corrected chi connectivity index (χ4v) is 7.67. The number of rotatable bonds is 5. The largest absolute Gasteiger partial charge is 0.348 e. The lowest BCUT2D eigenvalue weighted by Crippen LogP contribution is -2.47. The number of nitrogens with one attached hydrogen (secondary N) is 2. The Kier molecular flexibility index (Phi) is 7.39. The van der Waals surface area contributed by atoms with Gasteiger partial charge < -0.3 is 15.5 Å². The average molecular weight is 495 g/mol. The van der Waals surface area contributed by atoms with Crippen LogP contribution < -0.4 is 10.6 Å². The van der Waals surface area contributed by atoms with Gasteiger partial charge in [0.15, 0.2) is 0 Å². The van der Waals surface area contributed by atoms with E-state index in [0.29, 0.717) is 39.0 Å². The van der Waals surface area contributed by atoms with Crippen LogP contribution in [-0.4, -0.2) is 73.3 Å². The summed E-state index contributed by atoms with van der Waals surface area (Å²) >= 11 is 2.88. The predicted molar refractivity (Wildman–Crippen MR) is 128 cm³/mol. The molecule has 172 valence electrons. The number of benzene rings is 1. The van der Waals surface area contributed by atoms with Gasteiger partial charge in [0.1, 0.15) is 9.77 Å². The van der Waals surface area contributed by atoms with E-state index < -0.39 is 10.0 Å². The molecule has 0 aliphatic carbocycles. The third kappa shape index (κ3) is 5.28. The first-order chi connectivity index (χ1) is 15.4. The quantitative estimate of drug-likeness (QED) is 0.666. The lowest BCUT2D eigenvalue weighted by atomic mass is 10.1. The Bertz CT molecular complexity index is 1040. The van der Waals surface area contributed by atoms with Crippen molar-refractivity contribution in [3.8, 4) is 0 Å². The maximum atomic E-state index is 13.0. The van der Waals surface area contributed by atoms with Crippen molar-refractivity contribution < 1.29 is 18.0 Å². The second-order valence-corrected chi connectivity index (χ2v) is 11.7. The number of carbonyl (C=O) groups is 2. The molecule has 2 saturated heterocycles. The molecule has 0 unspecified atom stereocenters. The van der Waals surface area contributed by atoms with Crippen molar-refractivity contribution in [2.45, 2.75) is 23.8 Å². The number of thiophene rings is 1. The number of para-hydroxylation sites is 1. The molecule has 2 aromatic rings. The molecule has 11 heteroatoms. The lowest BCUT2D eigenvalue weighted by molar-refractivity contribution is 0.0920. The molecule has 2 N–H and O–H groups in total. The number of hydrogen-bond donors (Lipinski definition) is 2. The molecular formula is C21H26N4O4S3. The Morgan fingerprint density at radius 2 is 1.66 bits per heavy atom. The van der Waals surface area contributed by atoms with Crippen LogP contribution in [0.4, 0.5) is 10.5 Å². The van der Waals surface area contributed by atoms with Crippen molar-refractivity contribution in [2.24, 2.45) is 0 Å². The zero-order chi connectivity index (χ0) is 22.6. The van der Waals surface area contributed by atoms with Crippen molar-refractivity contribution in [1.29, 1.82) is 0 Å². The second kappa shape index (κ2) is 10.2. The minimum Gasteiger partial charge on any atom is -0.348 e. The molecule has 2 aliphatic heterocycles. The van der Waals surface area contributed by atoms with Crippen LogP contribution in [-0.2, 0) is 10.0 Å². The highest BCUT2D eigenvalue weighted by atomic mass is 32.2. The number of carbonyl (C=O) groups excluding carboxylic acids is 2. The number of amides is 3. The highest BCUT2D eigenvalue weighted by molar-refractivity contribution is 7.99. The third-order valence-electron chi connectivity index (χ3n) is 5.57. The molecule has 1 aromatic carbocycles. The van der Waals surface area contributed by atoms with Crippen LogP contribution in [0.2, 0.25) is 0 Å². The first-order valence-corrected chi connectivity index (χ1v) is 14.0. The van der Waals surface area contributed by atoms with E-state index in [1.807, 2.05) is 30.3 Å². The van der Waals surface area contributed by atoms with E-state index in [1.54, 1.807) is 22.0 Å². The van der Waals surface area contributed by atoms with Gasteiger partial charge in [-0.25, -0.2) is 13.2 Å². The smallest absolute Gasteiger partial charge is 0.321 e. The number of likely N-dealkylation sites (tertiary alicyclic amines) is 1. The van der Waals surface area contributed by atoms with Gasteiger partial charge in [-0.1, -0.05) is 18.2 Å². The topological polar surface area (TPSA) is 98.8 Å². The molecule has 32 heavy (non-hydrogen) atoms. The van der Waals surface area contributed by atoms with Gasteiger partial charge in [0.05, 0.1) is 0 Å². The van der Waals surface area contributed by atoms with Crippen LogP contribution in [0.25, 0.3) is 0 Å². The normalized spacial score (nSPS) is 18.3. The molecule has 0 bridgehead atoms. The molecule has 3 heterocycles. The summed E-state index contributed by atoms with van der Waals surface area (Å²) < 4.78 is 27.5. The van der Waals surface area contributed by atoms with Crippen LogP contribution in [0.3, 0.4) is 0 Å². The molecule has 4 rings (SSSR count). The summed E-state index contributed by atoms with van der Waals surface area (Å²) in [6.45, 7) is 1.97. The summed E-state index contributed by atoms with van der Waals surface area (Å²) in [5.41, 5.74) is 0.742. The van der Waals surface area contributed by atoms with E-state index in [2.05, 4.69) is 10.6 Å². The zero-order valence-electron chi connectivity index (χ0n) is 17.5. The molecule has 2 aliphatic rings. The monoisotopic (exact) mass is 494 g/mol. The molecular weight excluding hydrogens is 468 g/mol. The van der Waals surface area contributed by atoms with Crippen molar-refractivity contribution >= 4 is 50.7 Å². The van der Waals surface area contributed by atoms with E-state index in [4.69, 9.17) is 0 Å². The SMILES string of the molecule is O=C(NC1CCN(C(=O)Nc2ccccc2)CC1)c1sccc1S(=O)(=O)N1CCSCC1. The molecule has 0 atom stereocenters. The fraction of sp³-hybridized carbons (Fsp3) is 0.429. The van der Waals surface area contributed by atoms with E-state index in [-0.39, 0.29) is 27.8 Å². The first kappa shape index (κ1) is 23.1. The zero-order valence-corrected chi connectivity index (χ0v) is 20.0. The number of urea groups is 1. The van der Waals surface area contributed by atoms with Gasteiger partial charge in [-0.15, -0.1) is 11.3 Å². The molecule has 2 fully saturated rings. The molecule has 0 saturated carbocycles. The molecule has 0 spiro atoms. The third-order valence-corrected chi connectivity index (χ3v) is 9.49. The summed E-state index contributed by atoms with van der Waals surface area (Å²) in [7, 11) is -3.68. The van der Waals surface area contributed by atoms with Crippen molar-refractivity contribution in [1.82, 2.24) is 14.5 Å². The Labute approximate surface area is 196 Å². The maximum Gasteiger partial charge on any atom is 0.321 e. The van der Waals surface area contributed by atoms with E-state index in [9.17, 15) is 18.0 Å². The van der Waals surface area contributed by atoms with Crippen molar-refractivity contribution in [3.63, 3.8) is 0 Å². The number of sulfonamides is 1. The first-order valence-electron chi connectivity index (χ1n) is 10.5. The summed E-state index contributed by atoms with van der Waals surface area (Å²) in [4.78, 5) is 27.4. The Morgan fingerprint density at radius 1 is 0.969 bits per heavy atom. The summed E-state index contributed by atoms with van der Waals surface area (Å²) in [5.74, 6) is 1.17. The Balaban J connectivity index is 1.33. The molecule has 1 aromatic heterocycles. The van der Waals surface area contributed by atoms with Crippen LogP contribution >= 0.6 is 23.1 Å². The van der Waals surface area contributed by atoms with Crippen LogP contribution in [0, 0.1) is 0 Å². The van der Waals surface area contributed by atoms with E-state index >= 15 is 0 Å². The Hall–Kier alpha value is -2.08. The average Bonchev–Trinajstić information content (AvgIpc) is 3.32. The van der Waals surface area contributed by atoms with Crippen molar-refractivity contribution in [3.05, 3.63) is 46.7 Å². The van der Waals surface area contributed by atoms with Gasteiger partial charge in [-0.2, -0.15) is 16.1 Å². The fourth-order valence-electron chi connectivity index (χ4n) is 3.79. The van der Waals surface area contributed by atoms with Crippen molar-refractivity contribution in [2.75, 3.05) is 43.0 Å². The van der Waals surface area contributed by atoms with Gasteiger partial charge in [-0.05, 0) is 36.4 Å². The summed E-state index contributed by atoms with van der Waals surface area (Å²) in [6.07, 6.45) is 1.23. The van der Waals surface area contributed by atoms with Crippen LogP contribution in [0.1, 0.15) is 22.5 Å². The van der Waals surface area contributed by atoms with Crippen LogP contribution in [0.15, 0.2) is 46.7 Å². The van der Waals surface area contributed by atoms with Gasteiger partial charge in [0, 0.05) is 49.4 Å². The number of piperidine rings is 1. The summed E-state index contributed by atoms with van der Waals surface area (Å²) in [6, 6.07) is 10.5. The minimum absolute atomic E-state index is 0.0894. The number of nitrogens with zero attached hydrogens (tertiary/aromatic N) is 2. The lowest BCUT2D eigenvalue weighted by Gasteiger charge is -2.32. The standard InChI is InChI=1S/C21H26N4O4S3/c26-20(19-18(8-13-31-19)32(28,29)25-11-14-30-15-12-25)22-17-6-9-24(10-7-17)21(27)23-16-4-2-1-3-5-16/h1-5,8,13,17H,6-7,9-12,14-15H2,(H,22,26)(H,23,27). The number of hydrogen-bond acceptors (Lipinski definition) is 6. The highest BCUT2D eigenvalue weighted by Gasteiger charge is 2.32. The van der Waals surface area contributed by atoms with Crippen LogP contribution in [0.5, 0.6) is 0 Å². The van der Waals surface area contributed by atoms with Gasteiger partial charge >= 0.3 is 6.03 Å². The minimum atomic E-state index is -3.68. The Morgan fingerprint density at radius 3 is 2.34 bits per heavy atom. The second-order valence-electron chi connectivity index (χ2n) is 7.66. The van der Waals surface area contributed by atoms with Gasteiger partial charge in [0.25, 0.3) is 5.91 Å². The van der Waals surface area contributed by atoms with E-state index in [0.717, 1.165) is 28.5 Å². The number of thioether (sulfide) groups is 1. The van der Waals surface area contributed by atoms with Gasteiger partial charge in [-0.3, -0.25) is 4.79 Å². The number of anilines is 1.